The van der Waals surface area contributed by atoms with Crippen molar-refractivity contribution in [3.05, 3.63) is 126 Å². The van der Waals surface area contributed by atoms with Crippen LogP contribution in [-0.4, -0.2) is 53.4 Å². The van der Waals surface area contributed by atoms with Crippen molar-refractivity contribution < 1.29 is 9.53 Å². The molecular formula is C35H33N7O2. The minimum atomic E-state index is -0.311. The standard InChI is InChI=1S/C35H33N7O2/c1-24(2)29-11-6-7-12-30(29)32-36-19-31-34(39-32)41(20-25-13-15-28(16-14-25)42-18-8-17-37-42)33(38-31)27-21-40(22-27)35(43)44-23-26-9-4-3-5-10-26/h3-19,24,27H,20-23H2,1-2H3. The van der Waals surface area contributed by atoms with Crippen molar-refractivity contribution in [3.8, 4) is 17.1 Å². The molecule has 9 nitrogen and oxygen atoms in total. The van der Waals surface area contributed by atoms with E-state index in [2.05, 4.69) is 66.0 Å². The van der Waals surface area contributed by atoms with E-state index in [1.165, 1.54) is 5.56 Å². The van der Waals surface area contributed by atoms with E-state index in [0.29, 0.717) is 31.4 Å². The number of fused-ring (bicyclic) bond motifs is 1. The van der Waals surface area contributed by atoms with Gasteiger partial charge >= 0.3 is 6.09 Å². The van der Waals surface area contributed by atoms with Gasteiger partial charge in [0, 0.05) is 31.0 Å². The van der Waals surface area contributed by atoms with Gasteiger partial charge in [0.1, 0.15) is 17.9 Å². The maximum absolute atomic E-state index is 12.8. The van der Waals surface area contributed by atoms with Crippen molar-refractivity contribution >= 4 is 17.3 Å². The van der Waals surface area contributed by atoms with Crippen LogP contribution in [0.4, 0.5) is 4.79 Å². The summed E-state index contributed by atoms with van der Waals surface area (Å²) in [6.45, 7) is 6.27. The van der Waals surface area contributed by atoms with Crippen LogP contribution < -0.4 is 0 Å². The minimum absolute atomic E-state index is 0.0585. The Kier molecular flexibility index (Phi) is 7.35. The number of likely N-dealkylation sites (tertiary alicyclic amines) is 1. The monoisotopic (exact) mass is 583 g/mol. The highest BCUT2D eigenvalue weighted by Crippen LogP contribution is 2.32. The predicted octanol–water partition coefficient (Wildman–Crippen LogP) is 6.59. The Morgan fingerprint density at radius 2 is 1.68 bits per heavy atom. The van der Waals surface area contributed by atoms with Crippen molar-refractivity contribution in [1.29, 1.82) is 0 Å². The third-order valence-corrected chi connectivity index (χ3v) is 8.10. The lowest BCUT2D eigenvalue weighted by atomic mass is 9.97. The number of nitrogens with zero attached hydrogens (tertiary/aromatic N) is 7. The lowest BCUT2D eigenvalue weighted by Gasteiger charge is -2.38. The smallest absolute Gasteiger partial charge is 0.410 e. The third kappa shape index (κ3) is 5.44. The first kappa shape index (κ1) is 27.5. The summed E-state index contributed by atoms with van der Waals surface area (Å²) in [5.74, 6) is 1.97. The molecule has 0 radical (unpaired) electrons. The average Bonchev–Trinajstić information content (AvgIpc) is 3.69. The molecule has 220 valence electrons. The van der Waals surface area contributed by atoms with Crippen molar-refractivity contribution in [2.75, 3.05) is 13.1 Å². The highest BCUT2D eigenvalue weighted by molar-refractivity contribution is 5.75. The fourth-order valence-corrected chi connectivity index (χ4v) is 5.70. The zero-order valence-corrected chi connectivity index (χ0v) is 24.7. The lowest BCUT2D eigenvalue weighted by molar-refractivity contribution is 0.0645. The summed E-state index contributed by atoms with van der Waals surface area (Å²) < 4.78 is 9.59. The van der Waals surface area contributed by atoms with Crippen molar-refractivity contribution in [2.45, 2.75) is 38.8 Å². The molecule has 0 aliphatic carbocycles. The largest absolute Gasteiger partial charge is 0.445 e. The first-order valence-corrected chi connectivity index (χ1v) is 14.9. The molecule has 0 saturated carbocycles. The lowest BCUT2D eigenvalue weighted by Crippen LogP contribution is -2.49. The Bertz CT molecular complexity index is 1890. The van der Waals surface area contributed by atoms with Gasteiger partial charge in [-0.1, -0.05) is 80.6 Å². The van der Waals surface area contributed by atoms with E-state index in [1.54, 1.807) is 11.1 Å². The maximum Gasteiger partial charge on any atom is 0.410 e. The summed E-state index contributed by atoms with van der Waals surface area (Å²) in [4.78, 5) is 29.4. The van der Waals surface area contributed by atoms with E-state index in [4.69, 9.17) is 19.7 Å². The predicted molar refractivity (Wildman–Crippen MR) is 168 cm³/mol. The molecule has 1 saturated heterocycles. The first-order chi connectivity index (χ1) is 21.5. The summed E-state index contributed by atoms with van der Waals surface area (Å²) in [5.41, 5.74) is 6.82. The molecule has 7 rings (SSSR count). The molecule has 6 aromatic rings. The molecule has 0 N–H and O–H groups in total. The van der Waals surface area contributed by atoms with Crippen molar-refractivity contribution in [1.82, 2.24) is 34.2 Å². The van der Waals surface area contributed by atoms with Crippen LogP contribution in [0, 0.1) is 0 Å². The van der Waals surface area contributed by atoms with E-state index in [0.717, 1.165) is 39.4 Å². The molecule has 4 heterocycles. The third-order valence-electron chi connectivity index (χ3n) is 8.10. The molecular weight excluding hydrogens is 550 g/mol. The molecule has 1 aliphatic rings. The normalized spacial score (nSPS) is 13.4. The van der Waals surface area contributed by atoms with E-state index < -0.39 is 0 Å². The van der Waals surface area contributed by atoms with Gasteiger partial charge in [-0.25, -0.2) is 24.4 Å². The first-order valence-electron chi connectivity index (χ1n) is 14.9. The Hall–Kier alpha value is -5.31. The number of rotatable bonds is 8. The zero-order chi connectivity index (χ0) is 30.0. The van der Waals surface area contributed by atoms with Crippen molar-refractivity contribution in [2.24, 2.45) is 0 Å². The molecule has 3 aromatic heterocycles. The highest BCUT2D eigenvalue weighted by atomic mass is 16.6. The SMILES string of the molecule is CC(C)c1ccccc1-c1ncc2nc(C3CN(C(=O)OCc4ccccc4)C3)n(Cc3ccc(-n4cccn4)cc3)c2n1. The van der Waals surface area contributed by atoms with Gasteiger partial charge in [0.15, 0.2) is 11.5 Å². The number of ether oxygens (including phenoxy) is 1. The second kappa shape index (κ2) is 11.8. The number of benzene rings is 3. The Balaban J connectivity index is 1.19. The van der Waals surface area contributed by atoms with Crippen LogP contribution in [0.3, 0.4) is 0 Å². The number of carbonyl (C=O) groups excluding carboxylic acids is 1. The number of aromatic nitrogens is 6. The zero-order valence-electron chi connectivity index (χ0n) is 24.7. The molecule has 1 fully saturated rings. The Labute approximate surface area is 255 Å². The molecule has 0 spiro atoms. The molecule has 1 amide bonds. The number of carbonyl (C=O) groups is 1. The van der Waals surface area contributed by atoms with Crippen LogP contribution >= 0.6 is 0 Å². The highest BCUT2D eigenvalue weighted by Gasteiger charge is 2.36. The van der Waals surface area contributed by atoms with Gasteiger partial charge in [-0.05, 0) is 40.8 Å². The van der Waals surface area contributed by atoms with Gasteiger partial charge in [-0.2, -0.15) is 5.10 Å². The summed E-state index contributed by atoms with van der Waals surface area (Å²) in [6, 6.07) is 28.3. The van der Waals surface area contributed by atoms with Gasteiger partial charge in [-0.3, -0.25) is 0 Å². The molecule has 0 unspecified atom stereocenters. The van der Waals surface area contributed by atoms with Crippen LogP contribution in [0.2, 0.25) is 0 Å². The van der Waals surface area contributed by atoms with E-state index in [-0.39, 0.29) is 18.6 Å². The van der Waals surface area contributed by atoms with Crippen molar-refractivity contribution in [3.63, 3.8) is 0 Å². The van der Waals surface area contributed by atoms with Gasteiger partial charge in [-0.15, -0.1) is 0 Å². The molecule has 44 heavy (non-hydrogen) atoms. The second-order valence-electron chi connectivity index (χ2n) is 11.5. The van der Waals surface area contributed by atoms with E-state index in [1.807, 2.05) is 59.5 Å². The van der Waals surface area contributed by atoms with Gasteiger partial charge in [0.2, 0.25) is 0 Å². The maximum atomic E-state index is 12.8. The van der Waals surface area contributed by atoms with Gasteiger partial charge < -0.3 is 14.2 Å². The summed E-state index contributed by atoms with van der Waals surface area (Å²) >= 11 is 0. The number of imidazole rings is 1. The molecule has 3 aromatic carbocycles. The van der Waals surface area contributed by atoms with Crippen LogP contribution in [0.5, 0.6) is 0 Å². The van der Waals surface area contributed by atoms with E-state index >= 15 is 0 Å². The summed E-state index contributed by atoms with van der Waals surface area (Å²) in [6.07, 6.45) is 5.21. The number of hydrogen-bond donors (Lipinski definition) is 0. The molecule has 9 heteroatoms. The van der Waals surface area contributed by atoms with Gasteiger partial charge in [0.25, 0.3) is 0 Å². The fraction of sp³-hybridized carbons (Fsp3) is 0.229. The Morgan fingerprint density at radius 1 is 0.909 bits per heavy atom. The molecule has 0 bridgehead atoms. The van der Waals surface area contributed by atoms with Crippen LogP contribution in [0.15, 0.2) is 104 Å². The average molecular weight is 584 g/mol. The second-order valence-corrected chi connectivity index (χ2v) is 11.5. The number of hydrogen-bond acceptors (Lipinski definition) is 6. The quantitative estimate of drug-likeness (QED) is 0.201. The number of amides is 1. The minimum Gasteiger partial charge on any atom is -0.445 e. The van der Waals surface area contributed by atoms with Gasteiger partial charge in [0.05, 0.1) is 24.3 Å². The van der Waals surface area contributed by atoms with Crippen LogP contribution in [0.25, 0.3) is 28.2 Å². The topological polar surface area (TPSA) is 91.0 Å². The Morgan fingerprint density at radius 3 is 2.43 bits per heavy atom. The van der Waals surface area contributed by atoms with E-state index in [9.17, 15) is 4.79 Å². The summed E-state index contributed by atoms with van der Waals surface area (Å²) in [5, 5.41) is 4.34. The summed E-state index contributed by atoms with van der Waals surface area (Å²) in [7, 11) is 0. The molecule has 1 aliphatic heterocycles. The van der Waals surface area contributed by atoms with Crippen LogP contribution in [0.1, 0.15) is 48.2 Å². The molecule has 0 atom stereocenters. The fourth-order valence-electron chi connectivity index (χ4n) is 5.70. The van der Waals surface area contributed by atoms with Crippen LogP contribution in [-0.2, 0) is 17.9 Å².